The van der Waals surface area contributed by atoms with Crippen molar-refractivity contribution in [2.45, 2.75) is 0 Å². The van der Waals surface area contributed by atoms with Gasteiger partial charge in [0.05, 0.1) is 11.0 Å². The Morgan fingerprint density at radius 1 is 0.333 bits per heavy atom. The molecular formula is C40H26N2. The van der Waals surface area contributed by atoms with Crippen LogP contribution < -0.4 is 0 Å². The van der Waals surface area contributed by atoms with Gasteiger partial charge in [-0.15, -0.1) is 0 Å². The molecule has 8 rings (SSSR count). The zero-order valence-corrected chi connectivity index (χ0v) is 22.9. The lowest BCUT2D eigenvalue weighted by molar-refractivity contribution is 1.29. The molecule has 0 saturated carbocycles. The van der Waals surface area contributed by atoms with E-state index >= 15 is 0 Å². The van der Waals surface area contributed by atoms with Gasteiger partial charge in [-0.1, -0.05) is 133 Å². The van der Waals surface area contributed by atoms with Gasteiger partial charge in [-0.3, -0.25) is 9.97 Å². The Morgan fingerprint density at radius 2 is 0.881 bits per heavy atom. The molecule has 8 aromatic rings. The fourth-order valence-corrected chi connectivity index (χ4v) is 6.26. The minimum absolute atomic E-state index is 0.906. The molecule has 0 saturated heterocycles. The molecule has 1 heterocycles. The molecule has 0 unspecified atom stereocenters. The van der Waals surface area contributed by atoms with Crippen molar-refractivity contribution in [2.24, 2.45) is 0 Å². The van der Waals surface area contributed by atoms with E-state index in [4.69, 9.17) is 0 Å². The average molecular weight is 535 g/mol. The molecule has 7 aromatic carbocycles. The van der Waals surface area contributed by atoms with Crippen LogP contribution in [0.4, 0.5) is 0 Å². The smallest absolute Gasteiger partial charge is 0.0965 e. The van der Waals surface area contributed by atoms with Crippen molar-refractivity contribution < 1.29 is 0 Å². The summed E-state index contributed by atoms with van der Waals surface area (Å²) in [5.74, 6) is 0. The van der Waals surface area contributed by atoms with Crippen molar-refractivity contribution in [1.29, 1.82) is 0 Å². The van der Waals surface area contributed by atoms with E-state index in [1.165, 1.54) is 54.9 Å². The van der Waals surface area contributed by atoms with E-state index in [-0.39, 0.29) is 0 Å². The fourth-order valence-electron chi connectivity index (χ4n) is 6.26. The lowest BCUT2D eigenvalue weighted by Crippen LogP contribution is -1.91. The number of rotatable bonds is 4. The van der Waals surface area contributed by atoms with Crippen LogP contribution in [0.15, 0.2) is 158 Å². The predicted octanol–water partition coefficient (Wildman–Crippen LogP) is 10.6. The number of hydrogen-bond acceptors (Lipinski definition) is 2. The standard InChI is InChI=1S/C40H26N2/c1-3-10-29(11-4-1)38-33-14-7-8-15-34(33)39(30-12-5-2-6-13-30)36-26-31(22-23-35(36)38)27-18-20-28(21-19-27)32-16-9-17-37-40(32)42-25-24-41-37/h1-26H. The van der Waals surface area contributed by atoms with Gasteiger partial charge < -0.3 is 0 Å². The van der Waals surface area contributed by atoms with Crippen molar-refractivity contribution in [1.82, 2.24) is 9.97 Å². The van der Waals surface area contributed by atoms with E-state index in [2.05, 4.69) is 143 Å². The number of aromatic nitrogens is 2. The third kappa shape index (κ3) is 4.05. The fraction of sp³-hybridized carbons (Fsp3) is 0. The maximum atomic E-state index is 4.61. The molecule has 42 heavy (non-hydrogen) atoms. The van der Waals surface area contributed by atoms with Crippen molar-refractivity contribution in [3.05, 3.63) is 158 Å². The summed E-state index contributed by atoms with van der Waals surface area (Å²) >= 11 is 0. The van der Waals surface area contributed by atoms with Crippen LogP contribution in [0.25, 0.3) is 77.1 Å². The van der Waals surface area contributed by atoms with E-state index in [1.54, 1.807) is 12.4 Å². The van der Waals surface area contributed by atoms with Crippen LogP contribution in [0, 0.1) is 0 Å². The van der Waals surface area contributed by atoms with Gasteiger partial charge in [-0.25, -0.2) is 0 Å². The second-order valence-corrected chi connectivity index (χ2v) is 10.6. The SMILES string of the molecule is c1ccc(-c2c3ccccc3c(-c3ccccc3)c3cc(-c4ccc(-c5cccc6nccnc56)cc4)ccc23)cc1. The quantitative estimate of drug-likeness (QED) is 0.210. The molecule has 0 spiro atoms. The molecule has 2 heteroatoms. The Balaban J connectivity index is 1.35. The monoisotopic (exact) mass is 534 g/mol. The zero-order valence-electron chi connectivity index (χ0n) is 22.9. The van der Waals surface area contributed by atoms with Crippen LogP contribution in [-0.4, -0.2) is 9.97 Å². The zero-order chi connectivity index (χ0) is 27.9. The number of para-hydroxylation sites is 1. The highest BCUT2D eigenvalue weighted by atomic mass is 14.8. The molecule has 0 radical (unpaired) electrons. The molecular weight excluding hydrogens is 508 g/mol. The van der Waals surface area contributed by atoms with E-state index in [1.807, 2.05) is 12.1 Å². The lowest BCUT2D eigenvalue weighted by atomic mass is 9.85. The first-order valence-corrected chi connectivity index (χ1v) is 14.2. The van der Waals surface area contributed by atoms with Crippen molar-refractivity contribution >= 4 is 32.6 Å². The molecule has 0 aliphatic carbocycles. The van der Waals surface area contributed by atoms with E-state index in [0.717, 1.165) is 22.2 Å². The topological polar surface area (TPSA) is 25.8 Å². The molecule has 0 atom stereocenters. The van der Waals surface area contributed by atoms with E-state index < -0.39 is 0 Å². The summed E-state index contributed by atoms with van der Waals surface area (Å²) in [5.41, 5.74) is 11.4. The molecule has 196 valence electrons. The molecule has 0 fully saturated rings. The van der Waals surface area contributed by atoms with Crippen LogP contribution in [0.2, 0.25) is 0 Å². The van der Waals surface area contributed by atoms with Crippen LogP contribution >= 0.6 is 0 Å². The van der Waals surface area contributed by atoms with Gasteiger partial charge in [-0.05, 0) is 72.6 Å². The Morgan fingerprint density at radius 3 is 1.57 bits per heavy atom. The third-order valence-electron chi connectivity index (χ3n) is 8.18. The van der Waals surface area contributed by atoms with Gasteiger partial charge in [0, 0.05) is 18.0 Å². The predicted molar refractivity (Wildman–Crippen MR) is 176 cm³/mol. The Hall–Kier alpha value is -5.60. The number of hydrogen-bond donors (Lipinski definition) is 0. The summed E-state index contributed by atoms with van der Waals surface area (Å²) in [7, 11) is 0. The molecule has 2 nitrogen and oxygen atoms in total. The van der Waals surface area contributed by atoms with Gasteiger partial charge in [-0.2, -0.15) is 0 Å². The van der Waals surface area contributed by atoms with Gasteiger partial charge in [0.1, 0.15) is 0 Å². The second-order valence-electron chi connectivity index (χ2n) is 10.6. The van der Waals surface area contributed by atoms with Crippen LogP contribution in [-0.2, 0) is 0 Å². The summed E-state index contributed by atoms with van der Waals surface area (Å²) in [6.45, 7) is 0. The van der Waals surface area contributed by atoms with Crippen LogP contribution in [0.1, 0.15) is 0 Å². The Kier molecular flexibility index (Phi) is 5.82. The van der Waals surface area contributed by atoms with Crippen molar-refractivity contribution in [2.75, 3.05) is 0 Å². The molecule has 0 amide bonds. The highest BCUT2D eigenvalue weighted by molar-refractivity contribution is 6.21. The van der Waals surface area contributed by atoms with Gasteiger partial charge in [0.2, 0.25) is 0 Å². The summed E-state index contributed by atoms with van der Waals surface area (Å²) in [6, 6.07) is 52.3. The second kappa shape index (κ2) is 10.1. The lowest BCUT2D eigenvalue weighted by Gasteiger charge is -2.18. The average Bonchev–Trinajstić information content (AvgIpc) is 3.07. The number of nitrogens with zero attached hydrogens (tertiary/aromatic N) is 2. The highest BCUT2D eigenvalue weighted by Crippen LogP contribution is 2.44. The highest BCUT2D eigenvalue weighted by Gasteiger charge is 2.17. The molecule has 0 aliphatic heterocycles. The third-order valence-corrected chi connectivity index (χ3v) is 8.18. The van der Waals surface area contributed by atoms with Crippen LogP contribution in [0.3, 0.4) is 0 Å². The number of fused-ring (bicyclic) bond motifs is 3. The number of benzene rings is 7. The largest absolute Gasteiger partial charge is 0.253 e. The summed E-state index contributed by atoms with van der Waals surface area (Å²) < 4.78 is 0. The Bertz CT molecular complexity index is 2210. The van der Waals surface area contributed by atoms with Gasteiger partial charge >= 0.3 is 0 Å². The molecule has 0 N–H and O–H groups in total. The minimum atomic E-state index is 0.906. The first-order valence-electron chi connectivity index (χ1n) is 14.2. The molecule has 0 aliphatic rings. The molecule has 1 aromatic heterocycles. The van der Waals surface area contributed by atoms with Crippen molar-refractivity contribution in [3.8, 4) is 44.5 Å². The van der Waals surface area contributed by atoms with E-state index in [9.17, 15) is 0 Å². The minimum Gasteiger partial charge on any atom is -0.253 e. The maximum Gasteiger partial charge on any atom is 0.0965 e. The summed E-state index contributed by atoms with van der Waals surface area (Å²) in [4.78, 5) is 9.09. The molecule has 0 bridgehead atoms. The summed E-state index contributed by atoms with van der Waals surface area (Å²) in [5, 5.41) is 5.04. The maximum absolute atomic E-state index is 4.61. The summed E-state index contributed by atoms with van der Waals surface area (Å²) in [6.07, 6.45) is 3.50. The van der Waals surface area contributed by atoms with Gasteiger partial charge in [0.15, 0.2) is 0 Å². The van der Waals surface area contributed by atoms with Gasteiger partial charge in [0.25, 0.3) is 0 Å². The normalized spacial score (nSPS) is 11.3. The first kappa shape index (κ1) is 24.2. The van der Waals surface area contributed by atoms with Crippen molar-refractivity contribution in [3.63, 3.8) is 0 Å². The first-order chi connectivity index (χ1) is 20.8. The van der Waals surface area contributed by atoms with E-state index in [0.29, 0.717) is 0 Å². The Labute approximate surface area is 244 Å². The van der Waals surface area contributed by atoms with Crippen LogP contribution in [0.5, 0.6) is 0 Å².